The Balaban J connectivity index is 1.53. The molecule has 1 aliphatic carbocycles. The lowest BCUT2D eigenvalue weighted by molar-refractivity contribution is -0.123. The Morgan fingerprint density at radius 2 is 2.05 bits per heavy atom. The molecule has 1 unspecified atom stereocenters. The van der Waals surface area contributed by atoms with Gasteiger partial charge < -0.3 is 15.7 Å². The average Bonchev–Trinajstić information content (AvgIpc) is 2.89. The normalized spacial score (nSPS) is 23.8. The summed E-state index contributed by atoms with van der Waals surface area (Å²) in [5.41, 5.74) is 1.53. The first-order valence-electron chi connectivity index (χ1n) is 7.51. The Bertz CT molecular complexity index is 470. The van der Waals surface area contributed by atoms with Crippen molar-refractivity contribution in [2.45, 2.75) is 50.2 Å². The van der Waals surface area contributed by atoms with Crippen LogP contribution in [-0.4, -0.2) is 29.2 Å². The van der Waals surface area contributed by atoms with Gasteiger partial charge >= 0.3 is 0 Å². The van der Waals surface area contributed by atoms with Crippen LogP contribution in [0.2, 0.25) is 0 Å². The highest BCUT2D eigenvalue weighted by molar-refractivity contribution is 5.87. The predicted molar refractivity (Wildman–Crippen MR) is 78.6 cm³/mol. The SMILES string of the molecule is O=C(NCC1(O)CCCCC1)C1Cc2ccccc2N1. The molecule has 1 aromatic rings. The van der Waals surface area contributed by atoms with Crippen LogP contribution in [0.15, 0.2) is 24.3 Å². The minimum absolute atomic E-state index is 0.0137. The molecule has 0 radical (unpaired) electrons. The first kappa shape index (κ1) is 13.4. The van der Waals surface area contributed by atoms with Crippen molar-refractivity contribution in [3.63, 3.8) is 0 Å². The number of carbonyl (C=O) groups excluding carboxylic acids is 1. The van der Waals surface area contributed by atoms with E-state index in [9.17, 15) is 9.90 Å². The molecule has 4 heteroatoms. The molecule has 0 aromatic heterocycles. The highest BCUT2D eigenvalue weighted by atomic mass is 16.3. The molecule has 0 bridgehead atoms. The molecule has 4 nitrogen and oxygen atoms in total. The molecule has 1 heterocycles. The maximum atomic E-state index is 12.2. The van der Waals surface area contributed by atoms with Crippen LogP contribution >= 0.6 is 0 Å². The minimum atomic E-state index is -0.695. The third-order valence-corrected chi connectivity index (χ3v) is 4.46. The van der Waals surface area contributed by atoms with Crippen LogP contribution in [0.3, 0.4) is 0 Å². The maximum absolute atomic E-state index is 12.2. The molecule has 2 aliphatic rings. The molecule has 1 aromatic carbocycles. The molecule has 1 atom stereocenters. The lowest BCUT2D eigenvalue weighted by Gasteiger charge is -2.32. The number of aliphatic hydroxyl groups is 1. The topological polar surface area (TPSA) is 61.4 Å². The average molecular weight is 274 g/mol. The lowest BCUT2D eigenvalue weighted by Crippen LogP contribution is -2.48. The largest absolute Gasteiger partial charge is 0.388 e. The van der Waals surface area contributed by atoms with Crippen LogP contribution in [-0.2, 0) is 11.2 Å². The molecule has 1 fully saturated rings. The summed E-state index contributed by atoms with van der Waals surface area (Å²) < 4.78 is 0. The standard InChI is InChI=1S/C16H22N2O2/c19-15(17-11-16(20)8-4-1-5-9-16)14-10-12-6-2-3-7-13(12)18-14/h2-3,6-7,14,18,20H,1,4-5,8-11H2,(H,17,19). The van der Waals surface area contributed by atoms with E-state index in [0.29, 0.717) is 6.54 Å². The van der Waals surface area contributed by atoms with Crippen molar-refractivity contribution in [2.75, 3.05) is 11.9 Å². The zero-order valence-corrected chi connectivity index (χ0v) is 11.7. The van der Waals surface area contributed by atoms with Crippen molar-refractivity contribution >= 4 is 11.6 Å². The summed E-state index contributed by atoms with van der Waals surface area (Å²) in [6.45, 7) is 0.375. The van der Waals surface area contributed by atoms with E-state index in [-0.39, 0.29) is 11.9 Å². The fourth-order valence-electron chi connectivity index (χ4n) is 3.22. The first-order valence-corrected chi connectivity index (χ1v) is 7.51. The van der Waals surface area contributed by atoms with Gasteiger partial charge in [0, 0.05) is 18.7 Å². The van der Waals surface area contributed by atoms with E-state index < -0.39 is 5.60 Å². The van der Waals surface area contributed by atoms with Crippen LogP contribution < -0.4 is 10.6 Å². The van der Waals surface area contributed by atoms with Gasteiger partial charge in [-0.3, -0.25) is 4.79 Å². The molecule has 1 saturated carbocycles. The minimum Gasteiger partial charge on any atom is -0.388 e. The van der Waals surface area contributed by atoms with E-state index in [2.05, 4.69) is 10.6 Å². The van der Waals surface area contributed by atoms with Gasteiger partial charge in [-0.05, 0) is 24.5 Å². The highest BCUT2D eigenvalue weighted by Gasteiger charge is 2.32. The second-order valence-corrected chi connectivity index (χ2v) is 6.06. The third-order valence-electron chi connectivity index (χ3n) is 4.46. The second-order valence-electron chi connectivity index (χ2n) is 6.06. The Hall–Kier alpha value is -1.55. The Labute approximate surface area is 119 Å². The van der Waals surface area contributed by atoms with E-state index in [1.54, 1.807) is 0 Å². The summed E-state index contributed by atoms with van der Waals surface area (Å²) in [5.74, 6) is -0.0137. The number of rotatable bonds is 3. The number of fused-ring (bicyclic) bond motifs is 1. The monoisotopic (exact) mass is 274 g/mol. The van der Waals surface area contributed by atoms with E-state index in [1.165, 1.54) is 12.0 Å². The number of carbonyl (C=O) groups is 1. The van der Waals surface area contributed by atoms with Gasteiger partial charge in [0.05, 0.1) is 5.60 Å². The molecule has 3 rings (SSSR count). The Morgan fingerprint density at radius 1 is 1.30 bits per heavy atom. The van der Waals surface area contributed by atoms with Gasteiger partial charge in [0.15, 0.2) is 0 Å². The van der Waals surface area contributed by atoms with Crippen molar-refractivity contribution in [1.29, 1.82) is 0 Å². The van der Waals surface area contributed by atoms with Gasteiger partial charge in [-0.15, -0.1) is 0 Å². The zero-order valence-electron chi connectivity index (χ0n) is 11.7. The number of hydrogen-bond donors (Lipinski definition) is 3. The fourth-order valence-corrected chi connectivity index (χ4v) is 3.22. The number of para-hydroxylation sites is 1. The van der Waals surface area contributed by atoms with Gasteiger partial charge in [0.25, 0.3) is 0 Å². The van der Waals surface area contributed by atoms with E-state index in [0.717, 1.165) is 37.8 Å². The molecule has 108 valence electrons. The van der Waals surface area contributed by atoms with Gasteiger partial charge in [-0.1, -0.05) is 37.5 Å². The van der Waals surface area contributed by atoms with Gasteiger partial charge in [-0.25, -0.2) is 0 Å². The van der Waals surface area contributed by atoms with Crippen molar-refractivity contribution < 1.29 is 9.90 Å². The maximum Gasteiger partial charge on any atom is 0.242 e. The van der Waals surface area contributed by atoms with Crippen molar-refractivity contribution in [3.05, 3.63) is 29.8 Å². The number of nitrogens with one attached hydrogen (secondary N) is 2. The fraction of sp³-hybridized carbons (Fsp3) is 0.562. The molecule has 20 heavy (non-hydrogen) atoms. The van der Waals surface area contributed by atoms with Crippen LogP contribution in [0.4, 0.5) is 5.69 Å². The number of benzene rings is 1. The van der Waals surface area contributed by atoms with Gasteiger partial charge in [0.2, 0.25) is 5.91 Å². The van der Waals surface area contributed by atoms with E-state index in [1.807, 2.05) is 24.3 Å². The summed E-state index contributed by atoms with van der Waals surface area (Å²) in [4.78, 5) is 12.2. The van der Waals surface area contributed by atoms with Crippen LogP contribution in [0.25, 0.3) is 0 Å². The molecule has 1 amide bonds. The predicted octanol–water partition coefficient (Wildman–Crippen LogP) is 1.83. The summed E-state index contributed by atoms with van der Waals surface area (Å²) in [5, 5.41) is 16.6. The van der Waals surface area contributed by atoms with Crippen LogP contribution in [0.1, 0.15) is 37.7 Å². The molecular weight excluding hydrogens is 252 g/mol. The van der Waals surface area contributed by atoms with Gasteiger partial charge in [0.1, 0.15) is 6.04 Å². The molecular formula is C16H22N2O2. The molecule has 0 saturated heterocycles. The van der Waals surface area contributed by atoms with E-state index >= 15 is 0 Å². The van der Waals surface area contributed by atoms with Crippen LogP contribution in [0.5, 0.6) is 0 Å². The summed E-state index contributed by atoms with van der Waals surface area (Å²) >= 11 is 0. The summed E-state index contributed by atoms with van der Waals surface area (Å²) in [7, 11) is 0. The Morgan fingerprint density at radius 3 is 2.80 bits per heavy atom. The molecule has 3 N–H and O–H groups in total. The summed E-state index contributed by atoms with van der Waals surface area (Å²) in [6.07, 6.45) is 5.62. The third kappa shape index (κ3) is 2.80. The van der Waals surface area contributed by atoms with Crippen molar-refractivity contribution in [1.82, 2.24) is 5.32 Å². The molecule has 1 aliphatic heterocycles. The quantitative estimate of drug-likeness (QED) is 0.788. The first-order chi connectivity index (χ1) is 9.66. The number of anilines is 1. The van der Waals surface area contributed by atoms with Gasteiger partial charge in [-0.2, -0.15) is 0 Å². The number of amides is 1. The lowest BCUT2D eigenvalue weighted by atomic mass is 9.85. The van der Waals surface area contributed by atoms with Crippen molar-refractivity contribution in [2.24, 2.45) is 0 Å². The highest BCUT2D eigenvalue weighted by Crippen LogP contribution is 2.28. The molecule has 0 spiro atoms. The smallest absolute Gasteiger partial charge is 0.242 e. The second kappa shape index (κ2) is 5.44. The van der Waals surface area contributed by atoms with Crippen molar-refractivity contribution in [3.8, 4) is 0 Å². The Kier molecular flexibility index (Phi) is 3.66. The van der Waals surface area contributed by atoms with Crippen LogP contribution in [0, 0.1) is 0 Å². The number of hydrogen-bond acceptors (Lipinski definition) is 3. The zero-order chi connectivity index (χ0) is 14.0. The van der Waals surface area contributed by atoms with E-state index in [4.69, 9.17) is 0 Å². The summed E-state index contributed by atoms with van der Waals surface area (Å²) in [6, 6.07) is 7.80.